The summed E-state index contributed by atoms with van der Waals surface area (Å²) in [6.07, 6.45) is -1.55. The van der Waals surface area contributed by atoms with Gasteiger partial charge in [0.2, 0.25) is 0 Å². The number of aryl methyl sites for hydroxylation is 2. The molecule has 3 aromatic rings. The van der Waals surface area contributed by atoms with E-state index in [4.69, 9.17) is 9.15 Å². The molecule has 0 spiro atoms. The van der Waals surface area contributed by atoms with Crippen molar-refractivity contribution >= 4 is 11.4 Å². The van der Waals surface area contributed by atoms with Crippen LogP contribution in [-0.2, 0) is 6.67 Å². The maximum Gasteiger partial charge on any atom is 0.461 e. The lowest BCUT2D eigenvalue weighted by molar-refractivity contribution is -0.251. The zero-order valence-electron chi connectivity index (χ0n) is 16.0. The van der Waals surface area contributed by atoms with Crippen molar-refractivity contribution in [3.8, 4) is 17.1 Å². The normalized spacial score (nSPS) is 16.3. The third kappa shape index (κ3) is 3.63. The molecule has 0 fully saturated rings. The van der Waals surface area contributed by atoms with Crippen molar-refractivity contribution in [2.75, 3.05) is 13.7 Å². The van der Waals surface area contributed by atoms with Crippen LogP contribution < -0.4 is 4.74 Å². The predicted octanol–water partition coefficient (Wildman–Crippen LogP) is 4.08. The van der Waals surface area contributed by atoms with Crippen LogP contribution in [0.4, 0.5) is 18.9 Å². The van der Waals surface area contributed by atoms with E-state index in [0.29, 0.717) is 44.9 Å². The lowest BCUT2D eigenvalue weighted by Gasteiger charge is -2.30. The molecule has 3 heterocycles. The molecular formula is C19H18F3N5O2. The fourth-order valence-electron chi connectivity index (χ4n) is 3.28. The number of alkyl halides is 3. The number of ether oxygens (including phenoxy) is 1. The minimum absolute atomic E-state index is 0.229. The van der Waals surface area contributed by atoms with Gasteiger partial charge in [0.25, 0.3) is 0 Å². The molecule has 0 saturated carbocycles. The number of hydrogen-bond donors (Lipinski definition) is 0. The maximum atomic E-state index is 13.3. The average molecular weight is 405 g/mol. The molecule has 1 aliphatic rings. The first-order valence-electron chi connectivity index (χ1n) is 8.78. The van der Waals surface area contributed by atoms with Crippen molar-refractivity contribution < 1.29 is 22.3 Å². The van der Waals surface area contributed by atoms with Crippen molar-refractivity contribution in [1.82, 2.24) is 19.4 Å². The van der Waals surface area contributed by atoms with E-state index >= 15 is 0 Å². The van der Waals surface area contributed by atoms with Crippen molar-refractivity contribution in [2.24, 2.45) is 4.99 Å². The number of hydrogen-bond acceptors (Lipinski definition) is 6. The van der Waals surface area contributed by atoms with Gasteiger partial charge in [-0.15, -0.1) is 0 Å². The molecule has 0 bridgehead atoms. The van der Waals surface area contributed by atoms with Crippen LogP contribution in [0.15, 0.2) is 40.2 Å². The van der Waals surface area contributed by atoms with E-state index in [0.717, 1.165) is 0 Å². The lowest BCUT2D eigenvalue weighted by Crippen LogP contribution is -2.47. The molecule has 0 unspecified atom stereocenters. The zero-order valence-corrected chi connectivity index (χ0v) is 16.0. The molecule has 0 radical (unpaired) electrons. The number of aromatic nitrogens is 3. The minimum Gasteiger partial charge on any atom is -0.496 e. The Hall–Kier alpha value is -3.14. The molecule has 4 rings (SSSR count). The van der Waals surface area contributed by atoms with Gasteiger partial charge in [-0.1, -0.05) is 0 Å². The van der Waals surface area contributed by atoms with Gasteiger partial charge in [-0.05, 0) is 26.0 Å². The molecule has 0 N–H and O–H groups in total. The zero-order chi connectivity index (χ0) is 20.8. The second-order valence-corrected chi connectivity index (χ2v) is 6.69. The number of nitrogens with zero attached hydrogens (tertiary/aromatic N) is 5. The monoisotopic (exact) mass is 405 g/mol. The highest BCUT2D eigenvalue weighted by Gasteiger charge is 2.41. The number of rotatable bonds is 3. The van der Waals surface area contributed by atoms with Crippen molar-refractivity contribution in [2.45, 2.75) is 26.8 Å². The van der Waals surface area contributed by atoms with Gasteiger partial charge < -0.3 is 13.7 Å². The van der Waals surface area contributed by atoms with E-state index in [9.17, 15) is 13.2 Å². The third-order valence-electron chi connectivity index (χ3n) is 4.62. The Morgan fingerprint density at radius 1 is 1.24 bits per heavy atom. The van der Waals surface area contributed by atoms with Crippen LogP contribution in [0.5, 0.6) is 5.75 Å². The van der Waals surface area contributed by atoms with Gasteiger partial charge in [-0.25, -0.2) is 15.0 Å². The molecule has 2 aromatic heterocycles. The summed E-state index contributed by atoms with van der Waals surface area (Å²) < 4.78 is 52.3. The first-order chi connectivity index (χ1) is 13.8. The highest BCUT2D eigenvalue weighted by molar-refractivity contribution is 6.01. The van der Waals surface area contributed by atoms with E-state index in [1.165, 1.54) is 18.1 Å². The van der Waals surface area contributed by atoms with Crippen LogP contribution in [0, 0.1) is 13.8 Å². The number of aliphatic imine (C=N–C) groups is 1. The second kappa shape index (κ2) is 7.03. The van der Waals surface area contributed by atoms with Crippen LogP contribution in [0.3, 0.4) is 0 Å². The number of halogens is 3. The Morgan fingerprint density at radius 3 is 2.69 bits per heavy atom. The molecule has 152 valence electrons. The first-order valence-corrected chi connectivity index (χ1v) is 8.78. The Labute approximate surface area is 164 Å². The van der Waals surface area contributed by atoms with Crippen LogP contribution in [-0.4, -0.2) is 45.1 Å². The summed E-state index contributed by atoms with van der Waals surface area (Å²) in [7, 11) is 1.50. The average Bonchev–Trinajstić information content (AvgIpc) is 3.25. The number of oxazole rings is 1. The Balaban J connectivity index is 1.76. The molecule has 1 aromatic carbocycles. The van der Waals surface area contributed by atoms with E-state index in [-0.39, 0.29) is 18.9 Å². The highest BCUT2D eigenvalue weighted by atomic mass is 19.4. The van der Waals surface area contributed by atoms with Gasteiger partial charge >= 0.3 is 6.30 Å². The van der Waals surface area contributed by atoms with Crippen molar-refractivity contribution in [3.63, 3.8) is 0 Å². The van der Waals surface area contributed by atoms with Crippen LogP contribution in [0.25, 0.3) is 11.3 Å². The van der Waals surface area contributed by atoms with E-state index in [1.54, 1.807) is 31.3 Å². The number of fused-ring (bicyclic) bond motifs is 1. The lowest BCUT2D eigenvalue weighted by atomic mass is 10.1. The van der Waals surface area contributed by atoms with Gasteiger partial charge in [0.1, 0.15) is 5.75 Å². The molecule has 0 aliphatic carbocycles. The number of benzene rings is 1. The molecule has 7 nitrogen and oxygen atoms in total. The van der Waals surface area contributed by atoms with Crippen molar-refractivity contribution in [3.05, 3.63) is 48.0 Å². The quantitative estimate of drug-likeness (QED) is 0.615. The molecular weight excluding hydrogens is 387 g/mol. The van der Waals surface area contributed by atoms with Gasteiger partial charge in [0.15, 0.2) is 18.0 Å². The standard InChI is InChI=1S/C19H18F3N5O2/c1-11-7-26-10-27(19(20,21)22)8-15(18(26)24-11)25-13-4-5-14(16(6-13)28-3)17-12(2)23-9-29-17/h4-7,9H,8,10H2,1-3H3. The molecule has 29 heavy (non-hydrogen) atoms. The topological polar surface area (TPSA) is 68.7 Å². The summed E-state index contributed by atoms with van der Waals surface area (Å²) in [5.41, 5.74) is 2.70. The number of methoxy groups -OCH3 is 1. The van der Waals surface area contributed by atoms with E-state index in [1.807, 2.05) is 6.92 Å². The van der Waals surface area contributed by atoms with Crippen LogP contribution in [0.1, 0.15) is 17.2 Å². The fourth-order valence-corrected chi connectivity index (χ4v) is 3.28. The first kappa shape index (κ1) is 19.2. The summed E-state index contributed by atoms with van der Waals surface area (Å²) in [6, 6.07) is 5.09. The van der Waals surface area contributed by atoms with E-state index < -0.39 is 6.30 Å². The van der Waals surface area contributed by atoms with Gasteiger partial charge in [-0.3, -0.25) is 0 Å². The van der Waals surface area contributed by atoms with Gasteiger partial charge in [-0.2, -0.15) is 18.1 Å². The molecule has 0 saturated heterocycles. The summed E-state index contributed by atoms with van der Waals surface area (Å²) in [4.78, 5) is 13.3. The van der Waals surface area contributed by atoms with Crippen molar-refractivity contribution in [1.29, 1.82) is 0 Å². The molecule has 0 atom stereocenters. The Kier molecular flexibility index (Phi) is 4.65. The summed E-state index contributed by atoms with van der Waals surface area (Å²) >= 11 is 0. The summed E-state index contributed by atoms with van der Waals surface area (Å²) in [6.45, 7) is 2.84. The predicted molar refractivity (Wildman–Crippen MR) is 99.2 cm³/mol. The Morgan fingerprint density at radius 2 is 2.03 bits per heavy atom. The fraction of sp³-hybridized carbons (Fsp3) is 0.316. The van der Waals surface area contributed by atoms with E-state index in [2.05, 4.69) is 15.0 Å². The summed E-state index contributed by atoms with van der Waals surface area (Å²) in [5.74, 6) is 1.47. The van der Waals surface area contributed by atoms with Gasteiger partial charge in [0, 0.05) is 12.3 Å². The third-order valence-corrected chi connectivity index (χ3v) is 4.62. The summed E-state index contributed by atoms with van der Waals surface area (Å²) in [5, 5.41) is 0. The second-order valence-electron chi connectivity index (χ2n) is 6.69. The highest BCUT2D eigenvalue weighted by Crippen LogP contribution is 2.35. The van der Waals surface area contributed by atoms with Crippen LogP contribution in [0.2, 0.25) is 0 Å². The van der Waals surface area contributed by atoms with Crippen LogP contribution >= 0.6 is 0 Å². The van der Waals surface area contributed by atoms with Gasteiger partial charge in [0.05, 0.1) is 48.7 Å². The minimum atomic E-state index is -4.47. The molecule has 0 amide bonds. The SMILES string of the molecule is COc1cc(N=C2CN(C(F)(F)F)Cn3cc(C)nc32)ccc1-c1ocnc1C. The molecule has 1 aliphatic heterocycles. The smallest absolute Gasteiger partial charge is 0.461 e. The molecule has 10 heteroatoms. The Bertz CT molecular complexity index is 1080. The maximum absolute atomic E-state index is 13.3. The number of imidazole rings is 1. The largest absolute Gasteiger partial charge is 0.496 e.